The fraction of sp³-hybridized carbons (Fsp3) is 0.375. The van der Waals surface area contributed by atoms with Gasteiger partial charge in [-0.2, -0.15) is 0 Å². The highest BCUT2D eigenvalue weighted by molar-refractivity contribution is 5.89. The zero-order chi connectivity index (χ0) is 21.8. The highest BCUT2D eigenvalue weighted by atomic mass is 16.2. The second kappa shape index (κ2) is 9.31. The molecule has 2 aromatic rings. The average Bonchev–Trinajstić information content (AvgIpc) is 2.79. The molecule has 2 aliphatic rings. The van der Waals surface area contributed by atoms with Crippen molar-refractivity contribution >= 4 is 17.6 Å². The molecule has 0 aliphatic carbocycles. The number of carbonyl (C=O) groups excluding carboxylic acids is 1. The molecule has 7 nitrogen and oxygen atoms in total. The van der Waals surface area contributed by atoms with E-state index in [2.05, 4.69) is 58.4 Å². The van der Waals surface area contributed by atoms with Gasteiger partial charge in [-0.15, -0.1) is 0 Å². The molecule has 3 heterocycles. The summed E-state index contributed by atoms with van der Waals surface area (Å²) in [6.07, 6.45) is 4.46. The number of likely N-dealkylation sites (N-methyl/N-ethyl adjacent to an activating group) is 1. The van der Waals surface area contributed by atoms with Crippen molar-refractivity contribution in [3.05, 3.63) is 71.2 Å². The molecule has 1 atom stereocenters. The molecule has 31 heavy (non-hydrogen) atoms. The Kier molecular flexibility index (Phi) is 6.32. The molecule has 7 heteroatoms. The first kappa shape index (κ1) is 21.1. The molecule has 0 radical (unpaired) electrons. The number of rotatable bonds is 5. The molecule has 162 valence electrons. The van der Waals surface area contributed by atoms with Crippen LogP contribution in [0.2, 0.25) is 0 Å². The molecule has 0 fully saturated rings. The van der Waals surface area contributed by atoms with Crippen LogP contribution in [0.4, 0.5) is 10.5 Å². The normalized spacial score (nSPS) is 19.0. The number of amidine groups is 1. The number of pyridine rings is 1. The Bertz CT molecular complexity index is 983. The van der Waals surface area contributed by atoms with E-state index in [-0.39, 0.29) is 6.03 Å². The predicted molar refractivity (Wildman–Crippen MR) is 124 cm³/mol. The van der Waals surface area contributed by atoms with Crippen LogP contribution < -0.4 is 10.6 Å². The number of hydrogen-bond acceptors (Lipinski definition) is 5. The van der Waals surface area contributed by atoms with Crippen molar-refractivity contribution in [3.63, 3.8) is 0 Å². The maximum Gasteiger partial charge on any atom is 0.319 e. The third-order valence-corrected chi connectivity index (χ3v) is 6.12. The lowest BCUT2D eigenvalue weighted by Gasteiger charge is -2.39. The van der Waals surface area contributed by atoms with Crippen LogP contribution in [0.1, 0.15) is 31.4 Å². The summed E-state index contributed by atoms with van der Waals surface area (Å²) < 4.78 is 0. The van der Waals surface area contributed by atoms with Crippen LogP contribution in [-0.4, -0.2) is 52.8 Å². The second-order valence-electron chi connectivity index (χ2n) is 8.24. The summed E-state index contributed by atoms with van der Waals surface area (Å²) in [5, 5.41) is 5.73. The molecule has 0 bridgehead atoms. The summed E-state index contributed by atoms with van der Waals surface area (Å²) in [6.45, 7) is 7.65. The summed E-state index contributed by atoms with van der Waals surface area (Å²) in [5.41, 5.74) is 5.69. The number of nitrogens with zero attached hydrogens (tertiary/aromatic N) is 4. The fourth-order valence-electron chi connectivity index (χ4n) is 4.07. The van der Waals surface area contributed by atoms with Crippen LogP contribution in [0, 0.1) is 0 Å². The van der Waals surface area contributed by atoms with Gasteiger partial charge >= 0.3 is 6.03 Å². The van der Waals surface area contributed by atoms with Gasteiger partial charge < -0.3 is 15.5 Å². The van der Waals surface area contributed by atoms with E-state index in [4.69, 9.17) is 4.99 Å². The number of anilines is 1. The number of carbonyl (C=O) groups is 1. The van der Waals surface area contributed by atoms with Gasteiger partial charge in [0.2, 0.25) is 0 Å². The summed E-state index contributed by atoms with van der Waals surface area (Å²) in [5.74, 6) is 1.10. The first-order chi connectivity index (χ1) is 15.0. The van der Waals surface area contributed by atoms with Crippen molar-refractivity contribution in [3.8, 4) is 0 Å². The molecule has 4 rings (SSSR count). The highest BCUT2D eigenvalue weighted by Gasteiger charge is 2.28. The van der Waals surface area contributed by atoms with E-state index < -0.39 is 0 Å². The standard InChI is InChI=1S/C24H30N6O/c1-17-22-16-30(12-10-23(22)27-18(2)29(17)3)15-19-6-8-21(9-7-19)28-24(31)26-14-20-5-4-11-25-13-20/h4-9,11,13,17H,10,12,14-16H2,1-3H3,(H2,26,28,31). The molecule has 1 unspecified atom stereocenters. The Morgan fingerprint density at radius 3 is 2.74 bits per heavy atom. The molecule has 2 aliphatic heterocycles. The van der Waals surface area contributed by atoms with Crippen LogP contribution in [0.25, 0.3) is 0 Å². The minimum Gasteiger partial charge on any atom is -0.357 e. The lowest BCUT2D eigenvalue weighted by atomic mass is 9.97. The largest absolute Gasteiger partial charge is 0.357 e. The Labute approximate surface area is 183 Å². The monoisotopic (exact) mass is 418 g/mol. The van der Waals surface area contributed by atoms with Gasteiger partial charge in [-0.1, -0.05) is 18.2 Å². The van der Waals surface area contributed by atoms with Crippen LogP contribution in [0.15, 0.2) is 65.1 Å². The predicted octanol–water partition coefficient (Wildman–Crippen LogP) is 3.62. The van der Waals surface area contributed by atoms with Crippen LogP contribution >= 0.6 is 0 Å². The van der Waals surface area contributed by atoms with E-state index in [0.29, 0.717) is 12.6 Å². The van der Waals surface area contributed by atoms with Crippen molar-refractivity contribution in [1.29, 1.82) is 0 Å². The molecule has 1 aromatic heterocycles. The number of hydrogen-bond donors (Lipinski definition) is 2. The smallest absolute Gasteiger partial charge is 0.319 e. The maximum atomic E-state index is 12.1. The van der Waals surface area contributed by atoms with Gasteiger partial charge in [0.1, 0.15) is 5.84 Å². The van der Waals surface area contributed by atoms with Gasteiger partial charge in [-0.05, 0) is 48.7 Å². The minimum atomic E-state index is -0.224. The van der Waals surface area contributed by atoms with Gasteiger partial charge in [0, 0.05) is 63.4 Å². The Hall–Kier alpha value is -3.19. The van der Waals surface area contributed by atoms with Gasteiger partial charge in [0.15, 0.2) is 0 Å². The number of aliphatic imine (C=N–C) groups is 1. The zero-order valence-electron chi connectivity index (χ0n) is 18.4. The fourth-order valence-corrected chi connectivity index (χ4v) is 4.07. The maximum absolute atomic E-state index is 12.1. The van der Waals surface area contributed by atoms with E-state index >= 15 is 0 Å². The van der Waals surface area contributed by atoms with Crippen molar-refractivity contribution in [2.24, 2.45) is 4.99 Å². The van der Waals surface area contributed by atoms with Gasteiger partial charge in [0.05, 0.1) is 6.04 Å². The van der Waals surface area contributed by atoms with E-state index in [1.807, 2.05) is 24.3 Å². The first-order valence-electron chi connectivity index (χ1n) is 10.7. The lowest BCUT2D eigenvalue weighted by Crippen LogP contribution is -2.44. The van der Waals surface area contributed by atoms with E-state index in [1.165, 1.54) is 16.8 Å². The van der Waals surface area contributed by atoms with Gasteiger partial charge in [-0.3, -0.25) is 9.88 Å². The van der Waals surface area contributed by atoms with E-state index in [0.717, 1.165) is 43.1 Å². The zero-order valence-corrected chi connectivity index (χ0v) is 18.4. The lowest BCUT2D eigenvalue weighted by molar-refractivity contribution is 0.251. The van der Waals surface area contributed by atoms with Crippen molar-refractivity contribution in [2.45, 2.75) is 39.4 Å². The quantitative estimate of drug-likeness (QED) is 0.778. The van der Waals surface area contributed by atoms with Crippen LogP contribution in [0.3, 0.4) is 0 Å². The topological polar surface area (TPSA) is 72.9 Å². The van der Waals surface area contributed by atoms with Crippen LogP contribution in [-0.2, 0) is 13.1 Å². The number of nitrogens with one attached hydrogen (secondary N) is 2. The van der Waals surface area contributed by atoms with Crippen molar-refractivity contribution in [2.75, 3.05) is 25.5 Å². The van der Waals surface area contributed by atoms with Crippen molar-refractivity contribution in [1.82, 2.24) is 20.1 Å². The molecule has 2 N–H and O–H groups in total. The molecule has 0 saturated heterocycles. The summed E-state index contributed by atoms with van der Waals surface area (Å²) in [7, 11) is 2.12. The molecule has 0 saturated carbocycles. The average molecular weight is 419 g/mol. The Morgan fingerprint density at radius 1 is 1.19 bits per heavy atom. The van der Waals surface area contributed by atoms with Crippen molar-refractivity contribution < 1.29 is 4.79 Å². The molecule has 2 amide bonds. The van der Waals surface area contributed by atoms with Crippen LogP contribution in [0.5, 0.6) is 0 Å². The molecular weight excluding hydrogens is 388 g/mol. The number of aromatic nitrogens is 1. The second-order valence-corrected chi connectivity index (χ2v) is 8.24. The first-order valence-corrected chi connectivity index (χ1v) is 10.7. The number of benzene rings is 1. The number of amides is 2. The van der Waals surface area contributed by atoms with E-state index in [9.17, 15) is 4.79 Å². The third-order valence-electron chi connectivity index (χ3n) is 6.12. The number of urea groups is 1. The summed E-state index contributed by atoms with van der Waals surface area (Å²) in [4.78, 5) is 25.7. The Balaban J connectivity index is 1.29. The molecule has 0 spiro atoms. The Morgan fingerprint density at radius 2 is 2.00 bits per heavy atom. The third kappa shape index (κ3) is 5.11. The molecule has 1 aromatic carbocycles. The minimum absolute atomic E-state index is 0.224. The van der Waals surface area contributed by atoms with Gasteiger partial charge in [0.25, 0.3) is 0 Å². The summed E-state index contributed by atoms with van der Waals surface area (Å²) in [6, 6.07) is 12.0. The van der Waals surface area contributed by atoms with E-state index in [1.54, 1.807) is 12.4 Å². The SMILES string of the molecule is CC1=NC2=C(CN(Cc3ccc(NC(=O)NCc4cccnc4)cc3)CC2)C(C)N1C. The summed E-state index contributed by atoms with van der Waals surface area (Å²) >= 11 is 0. The highest BCUT2D eigenvalue weighted by Crippen LogP contribution is 2.29. The molecular formula is C24H30N6O. The van der Waals surface area contributed by atoms with Gasteiger partial charge in [-0.25, -0.2) is 9.79 Å².